The number of hydrogen-bond acceptors (Lipinski definition) is 4. The average molecular weight is 277 g/mol. The lowest BCUT2D eigenvalue weighted by Gasteiger charge is -2.26. The fourth-order valence-corrected chi connectivity index (χ4v) is 2.33. The summed E-state index contributed by atoms with van der Waals surface area (Å²) in [5, 5.41) is 0. The monoisotopic (exact) mass is 277 g/mol. The van der Waals surface area contributed by atoms with Gasteiger partial charge in [0.15, 0.2) is 6.61 Å². The highest BCUT2D eigenvalue weighted by Crippen LogP contribution is 2.12. The minimum Gasteiger partial charge on any atom is -0.482 e. The smallest absolute Gasteiger partial charge is 0.260 e. The van der Waals surface area contributed by atoms with E-state index in [1.165, 1.54) is 6.42 Å². The maximum Gasteiger partial charge on any atom is 0.260 e. The summed E-state index contributed by atoms with van der Waals surface area (Å²) in [4.78, 5) is 18.1. The Balaban J connectivity index is 1.79. The summed E-state index contributed by atoms with van der Waals surface area (Å²) in [6.07, 6.45) is 5.81. The Labute approximate surface area is 120 Å². The van der Waals surface area contributed by atoms with Crippen molar-refractivity contribution in [3.63, 3.8) is 0 Å². The Bertz CT molecular complexity index is 425. The van der Waals surface area contributed by atoms with Gasteiger partial charge in [0, 0.05) is 31.2 Å². The summed E-state index contributed by atoms with van der Waals surface area (Å²) < 4.78 is 5.50. The molecule has 2 N–H and O–H groups in total. The summed E-state index contributed by atoms with van der Waals surface area (Å²) in [7, 11) is 0. The molecule has 2 heterocycles. The van der Waals surface area contributed by atoms with Crippen LogP contribution in [0.1, 0.15) is 31.9 Å². The molecule has 0 aromatic carbocycles. The van der Waals surface area contributed by atoms with Crippen molar-refractivity contribution < 1.29 is 9.53 Å². The average Bonchev–Trinajstić information content (AvgIpc) is 2.46. The highest BCUT2D eigenvalue weighted by Gasteiger charge is 2.16. The van der Waals surface area contributed by atoms with Crippen LogP contribution in [0.2, 0.25) is 0 Å². The molecular weight excluding hydrogens is 254 g/mol. The molecule has 0 saturated carbocycles. The Kier molecular flexibility index (Phi) is 5.35. The predicted molar refractivity (Wildman–Crippen MR) is 77.5 cm³/mol. The van der Waals surface area contributed by atoms with Crippen molar-refractivity contribution in [3.05, 3.63) is 24.0 Å². The Morgan fingerprint density at radius 3 is 2.75 bits per heavy atom. The minimum atomic E-state index is 0.0596. The summed E-state index contributed by atoms with van der Waals surface area (Å²) in [6.45, 7) is 3.75. The lowest BCUT2D eigenvalue weighted by Crippen LogP contribution is -2.38. The van der Waals surface area contributed by atoms with Crippen molar-refractivity contribution in [3.8, 4) is 5.75 Å². The van der Waals surface area contributed by atoms with E-state index in [-0.39, 0.29) is 18.6 Å². The number of aromatic nitrogens is 1. The minimum absolute atomic E-state index is 0.0596. The van der Waals surface area contributed by atoms with Gasteiger partial charge in [-0.3, -0.25) is 9.78 Å². The number of nitrogens with zero attached hydrogens (tertiary/aromatic N) is 2. The van der Waals surface area contributed by atoms with Crippen LogP contribution in [0.15, 0.2) is 18.3 Å². The first-order valence-corrected chi connectivity index (χ1v) is 7.26. The molecule has 1 aliphatic rings. The second-order valence-electron chi connectivity index (χ2n) is 5.40. The van der Waals surface area contributed by atoms with E-state index < -0.39 is 0 Å². The molecule has 1 unspecified atom stereocenters. The molecule has 1 amide bonds. The molecular formula is C15H23N3O2. The van der Waals surface area contributed by atoms with Gasteiger partial charge >= 0.3 is 0 Å². The zero-order chi connectivity index (χ0) is 14.4. The largest absolute Gasteiger partial charge is 0.482 e. The van der Waals surface area contributed by atoms with Gasteiger partial charge in [-0.05, 0) is 38.3 Å². The van der Waals surface area contributed by atoms with Gasteiger partial charge < -0.3 is 15.4 Å². The first-order chi connectivity index (χ1) is 9.65. The van der Waals surface area contributed by atoms with E-state index in [2.05, 4.69) is 4.98 Å². The van der Waals surface area contributed by atoms with Gasteiger partial charge in [-0.25, -0.2) is 0 Å². The van der Waals surface area contributed by atoms with Crippen LogP contribution in [-0.2, 0) is 11.2 Å². The standard InChI is InChI=1S/C15H23N3O2/c1-12(16)9-13-5-6-14(10-17-13)20-11-15(19)18-7-3-2-4-8-18/h5-6,10,12H,2-4,7-9,11,16H2,1H3. The van der Waals surface area contributed by atoms with Gasteiger partial charge in [-0.1, -0.05) is 0 Å². The fraction of sp³-hybridized carbons (Fsp3) is 0.600. The molecule has 0 radical (unpaired) electrons. The van der Waals surface area contributed by atoms with Crippen molar-refractivity contribution in [1.82, 2.24) is 9.88 Å². The van der Waals surface area contributed by atoms with Gasteiger partial charge in [0.25, 0.3) is 5.91 Å². The van der Waals surface area contributed by atoms with Crippen LogP contribution in [0.25, 0.3) is 0 Å². The quantitative estimate of drug-likeness (QED) is 0.882. The zero-order valence-electron chi connectivity index (χ0n) is 12.0. The predicted octanol–water partition coefficient (Wildman–Crippen LogP) is 1.36. The number of carbonyl (C=O) groups excluding carboxylic acids is 1. The van der Waals surface area contributed by atoms with Gasteiger partial charge in [0.2, 0.25) is 0 Å². The number of ether oxygens (including phenoxy) is 1. The molecule has 20 heavy (non-hydrogen) atoms. The van der Waals surface area contributed by atoms with Crippen LogP contribution >= 0.6 is 0 Å². The molecule has 0 bridgehead atoms. The SMILES string of the molecule is CC(N)Cc1ccc(OCC(=O)N2CCCCC2)cn1. The van der Waals surface area contributed by atoms with Crippen molar-refractivity contribution in [2.75, 3.05) is 19.7 Å². The molecule has 0 aliphatic carbocycles. The van der Waals surface area contributed by atoms with Crippen LogP contribution in [0, 0.1) is 0 Å². The van der Waals surface area contributed by atoms with E-state index in [4.69, 9.17) is 10.5 Å². The first kappa shape index (κ1) is 14.8. The topological polar surface area (TPSA) is 68.5 Å². The van der Waals surface area contributed by atoms with E-state index in [1.807, 2.05) is 24.0 Å². The molecule has 1 aromatic rings. The van der Waals surface area contributed by atoms with E-state index >= 15 is 0 Å². The Hall–Kier alpha value is -1.62. The number of carbonyl (C=O) groups is 1. The van der Waals surface area contributed by atoms with Gasteiger partial charge in [-0.15, -0.1) is 0 Å². The highest BCUT2D eigenvalue weighted by atomic mass is 16.5. The number of nitrogens with two attached hydrogens (primary N) is 1. The highest BCUT2D eigenvalue weighted by molar-refractivity contribution is 5.77. The molecule has 1 saturated heterocycles. The van der Waals surface area contributed by atoms with Crippen LogP contribution in [-0.4, -0.2) is 41.5 Å². The third kappa shape index (κ3) is 4.49. The van der Waals surface area contributed by atoms with Crippen molar-refractivity contribution in [2.45, 2.75) is 38.6 Å². The normalized spacial score (nSPS) is 16.8. The van der Waals surface area contributed by atoms with E-state index in [1.54, 1.807) is 6.20 Å². The third-order valence-electron chi connectivity index (χ3n) is 3.40. The fourth-order valence-electron chi connectivity index (χ4n) is 2.33. The maximum absolute atomic E-state index is 11.9. The molecule has 5 heteroatoms. The Morgan fingerprint density at radius 1 is 1.40 bits per heavy atom. The lowest BCUT2D eigenvalue weighted by molar-refractivity contribution is -0.134. The summed E-state index contributed by atoms with van der Waals surface area (Å²) in [5.74, 6) is 0.688. The number of rotatable bonds is 5. The van der Waals surface area contributed by atoms with Gasteiger partial charge in [0.1, 0.15) is 5.75 Å². The van der Waals surface area contributed by atoms with E-state index in [0.717, 1.165) is 38.0 Å². The van der Waals surface area contributed by atoms with Crippen molar-refractivity contribution in [2.24, 2.45) is 5.73 Å². The van der Waals surface area contributed by atoms with Gasteiger partial charge in [-0.2, -0.15) is 0 Å². The number of hydrogen-bond donors (Lipinski definition) is 1. The summed E-state index contributed by atoms with van der Waals surface area (Å²) >= 11 is 0. The lowest BCUT2D eigenvalue weighted by atomic mass is 10.1. The number of pyridine rings is 1. The number of amides is 1. The number of likely N-dealkylation sites (tertiary alicyclic amines) is 1. The zero-order valence-corrected chi connectivity index (χ0v) is 12.0. The first-order valence-electron chi connectivity index (χ1n) is 7.26. The molecule has 1 atom stereocenters. The van der Waals surface area contributed by atoms with E-state index in [9.17, 15) is 4.79 Å². The van der Waals surface area contributed by atoms with Crippen LogP contribution in [0.4, 0.5) is 0 Å². The van der Waals surface area contributed by atoms with Crippen LogP contribution in [0.5, 0.6) is 5.75 Å². The second-order valence-corrected chi connectivity index (χ2v) is 5.40. The summed E-state index contributed by atoms with van der Waals surface area (Å²) in [5.41, 5.74) is 6.66. The second kappa shape index (κ2) is 7.24. The molecule has 0 spiro atoms. The summed E-state index contributed by atoms with van der Waals surface area (Å²) in [6, 6.07) is 3.83. The molecule has 1 aliphatic heterocycles. The van der Waals surface area contributed by atoms with Crippen LogP contribution in [0.3, 0.4) is 0 Å². The molecule has 2 rings (SSSR count). The van der Waals surface area contributed by atoms with Crippen LogP contribution < -0.4 is 10.5 Å². The van der Waals surface area contributed by atoms with E-state index in [0.29, 0.717) is 5.75 Å². The molecule has 110 valence electrons. The third-order valence-corrected chi connectivity index (χ3v) is 3.40. The number of piperidine rings is 1. The maximum atomic E-state index is 11.9. The van der Waals surface area contributed by atoms with Crippen molar-refractivity contribution >= 4 is 5.91 Å². The molecule has 5 nitrogen and oxygen atoms in total. The molecule has 1 fully saturated rings. The molecule has 1 aromatic heterocycles. The Morgan fingerprint density at radius 2 is 2.15 bits per heavy atom. The van der Waals surface area contributed by atoms with Crippen molar-refractivity contribution in [1.29, 1.82) is 0 Å². The van der Waals surface area contributed by atoms with Gasteiger partial charge in [0.05, 0.1) is 6.20 Å².